The highest BCUT2D eigenvalue weighted by Crippen LogP contribution is 2.23. The molecule has 102 valence electrons. The molecule has 2 rings (SSSR count). The number of nitrogens with one attached hydrogen (secondary N) is 1. The lowest BCUT2D eigenvalue weighted by molar-refractivity contribution is 0.249. The molecule has 5 nitrogen and oxygen atoms in total. The predicted octanol–water partition coefficient (Wildman–Crippen LogP) is 2.36. The topological polar surface area (TPSA) is 76.7 Å². The van der Waals surface area contributed by atoms with Crippen LogP contribution in [-0.4, -0.2) is 19.4 Å². The van der Waals surface area contributed by atoms with Crippen molar-refractivity contribution in [1.82, 2.24) is 5.43 Å². The van der Waals surface area contributed by atoms with Crippen molar-refractivity contribution < 1.29 is 9.53 Å². The van der Waals surface area contributed by atoms with E-state index in [1.54, 1.807) is 7.11 Å². The molecule has 0 bridgehead atoms. The first-order chi connectivity index (χ1) is 9.69. The summed E-state index contributed by atoms with van der Waals surface area (Å²) < 4.78 is 5.20. The van der Waals surface area contributed by atoms with Crippen molar-refractivity contribution in [3.05, 3.63) is 54.1 Å². The van der Waals surface area contributed by atoms with E-state index >= 15 is 0 Å². The van der Waals surface area contributed by atoms with E-state index in [2.05, 4.69) is 10.5 Å². The fourth-order valence-corrected chi connectivity index (χ4v) is 1.73. The van der Waals surface area contributed by atoms with E-state index < -0.39 is 6.03 Å². The standard InChI is InChI=1S/C15H15N3O2/c1-20-14-4-2-3-13(9-14)12-7-5-11(6-8-12)10-17-18-15(16)19/h2-10H,1H3,(H3,16,18,19). The molecule has 0 fully saturated rings. The Morgan fingerprint density at radius 2 is 1.95 bits per heavy atom. The van der Waals surface area contributed by atoms with Crippen LogP contribution in [-0.2, 0) is 0 Å². The first-order valence-corrected chi connectivity index (χ1v) is 6.02. The zero-order valence-electron chi connectivity index (χ0n) is 11.0. The Morgan fingerprint density at radius 3 is 2.60 bits per heavy atom. The molecular formula is C15H15N3O2. The number of nitrogens with two attached hydrogens (primary N) is 1. The first-order valence-electron chi connectivity index (χ1n) is 6.02. The van der Waals surface area contributed by atoms with Crippen LogP contribution in [0.5, 0.6) is 5.75 Å². The smallest absolute Gasteiger partial charge is 0.332 e. The zero-order valence-corrected chi connectivity index (χ0v) is 11.0. The van der Waals surface area contributed by atoms with Crippen molar-refractivity contribution in [3.8, 4) is 16.9 Å². The summed E-state index contributed by atoms with van der Waals surface area (Å²) in [7, 11) is 1.64. The van der Waals surface area contributed by atoms with Gasteiger partial charge in [-0.15, -0.1) is 0 Å². The third kappa shape index (κ3) is 3.58. The van der Waals surface area contributed by atoms with Crippen LogP contribution in [0.15, 0.2) is 53.6 Å². The number of hydrogen-bond acceptors (Lipinski definition) is 3. The van der Waals surface area contributed by atoms with Gasteiger partial charge in [0, 0.05) is 0 Å². The molecule has 2 amide bonds. The molecule has 0 heterocycles. The number of benzene rings is 2. The third-order valence-electron chi connectivity index (χ3n) is 2.70. The highest BCUT2D eigenvalue weighted by Gasteiger charge is 1.99. The molecule has 0 atom stereocenters. The number of amides is 2. The lowest BCUT2D eigenvalue weighted by Crippen LogP contribution is -2.24. The minimum Gasteiger partial charge on any atom is -0.497 e. The van der Waals surface area contributed by atoms with Gasteiger partial charge in [-0.2, -0.15) is 5.10 Å². The van der Waals surface area contributed by atoms with Crippen molar-refractivity contribution in [2.24, 2.45) is 10.8 Å². The Bertz CT molecular complexity index is 621. The zero-order chi connectivity index (χ0) is 14.4. The Labute approximate surface area is 117 Å². The summed E-state index contributed by atoms with van der Waals surface area (Å²) in [6.07, 6.45) is 1.53. The van der Waals surface area contributed by atoms with E-state index in [1.807, 2.05) is 48.5 Å². The van der Waals surface area contributed by atoms with Crippen molar-refractivity contribution in [2.75, 3.05) is 7.11 Å². The summed E-state index contributed by atoms with van der Waals surface area (Å²) in [4.78, 5) is 10.5. The van der Waals surface area contributed by atoms with Gasteiger partial charge in [-0.05, 0) is 28.8 Å². The number of primary amides is 1. The number of hydrogen-bond donors (Lipinski definition) is 2. The van der Waals surface area contributed by atoms with Crippen molar-refractivity contribution in [3.63, 3.8) is 0 Å². The molecule has 0 spiro atoms. The number of carbonyl (C=O) groups is 1. The van der Waals surface area contributed by atoms with Gasteiger partial charge in [0.15, 0.2) is 0 Å². The number of rotatable bonds is 4. The molecule has 20 heavy (non-hydrogen) atoms. The van der Waals surface area contributed by atoms with Crippen LogP contribution in [0.4, 0.5) is 4.79 Å². The van der Waals surface area contributed by atoms with Crippen LogP contribution in [0, 0.1) is 0 Å². The average molecular weight is 269 g/mol. The molecule has 0 aliphatic carbocycles. The number of hydrazone groups is 1. The van der Waals surface area contributed by atoms with Crippen molar-refractivity contribution in [2.45, 2.75) is 0 Å². The van der Waals surface area contributed by atoms with Crippen molar-refractivity contribution in [1.29, 1.82) is 0 Å². The van der Waals surface area contributed by atoms with E-state index in [-0.39, 0.29) is 0 Å². The maximum atomic E-state index is 10.5. The summed E-state index contributed by atoms with van der Waals surface area (Å²) in [5, 5.41) is 3.70. The van der Waals surface area contributed by atoms with Gasteiger partial charge in [-0.25, -0.2) is 10.2 Å². The average Bonchev–Trinajstić information content (AvgIpc) is 2.48. The van der Waals surface area contributed by atoms with Gasteiger partial charge in [0.05, 0.1) is 13.3 Å². The Hall–Kier alpha value is -2.82. The van der Waals surface area contributed by atoms with Crippen LogP contribution < -0.4 is 15.9 Å². The number of carbonyl (C=O) groups excluding carboxylic acids is 1. The molecule has 0 saturated heterocycles. The molecule has 0 aliphatic heterocycles. The molecule has 5 heteroatoms. The first kappa shape index (κ1) is 13.6. The maximum Gasteiger partial charge on any atom is 0.332 e. The fraction of sp³-hybridized carbons (Fsp3) is 0.0667. The lowest BCUT2D eigenvalue weighted by atomic mass is 10.0. The van der Waals surface area contributed by atoms with Gasteiger partial charge < -0.3 is 10.5 Å². The molecule has 2 aromatic carbocycles. The second kappa shape index (κ2) is 6.38. The monoisotopic (exact) mass is 269 g/mol. The van der Waals surface area contributed by atoms with Gasteiger partial charge in [0.1, 0.15) is 5.75 Å². The lowest BCUT2D eigenvalue weighted by Gasteiger charge is -2.05. The second-order valence-corrected chi connectivity index (χ2v) is 4.09. The summed E-state index contributed by atoms with van der Waals surface area (Å²) in [6, 6.07) is 14.9. The van der Waals surface area contributed by atoms with Gasteiger partial charge in [-0.1, -0.05) is 36.4 Å². The van der Waals surface area contributed by atoms with E-state index in [1.165, 1.54) is 6.21 Å². The summed E-state index contributed by atoms with van der Waals surface area (Å²) in [5.74, 6) is 0.818. The molecule has 0 aromatic heterocycles. The van der Waals surface area contributed by atoms with Gasteiger partial charge in [-0.3, -0.25) is 0 Å². The molecular weight excluding hydrogens is 254 g/mol. The summed E-state index contributed by atoms with van der Waals surface area (Å²) in [5.41, 5.74) is 10.1. The van der Waals surface area contributed by atoms with Crippen molar-refractivity contribution >= 4 is 12.2 Å². The van der Waals surface area contributed by atoms with E-state index in [0.717, 1.165) is 22.4 Å². The normalized spacial score (nSPS) is 10.4. The highest BCUT2D eigenvalue weighted by molar-refractivity contribution is 5.82. The SMILES string of the molecule is COc1cccc(-c2ccc(C=NNC(N)=O)cc2)c1. The number of nitrogens with zero attached hydrogens (tertiary/aromatic N) is 1. The maximum absolute atomic E-state index is 10.5. The molecule has 3 N–H and O–H groups in total. The molecule has 2 aromatic rings. The molecule has 0 radical (unpaired) electrons. The van der Waals surface area contributed by atoms with Gasteiger partial charge in [0.25, 0.3) is 0 Å². The number of urea groups is 1. The Balaban J connectivity index is 2.15. The summed E-state index contributed by atoms with van der Waals surface area (Å²) >= 11 is 0. The molecule has 0 saturated carbocycles. The van der Waals surface area contributed by atoms with Crippen LogP contribution >= 0.6 is 0 Å². The predicted molar refractivity (Wildman–Crippen MR) is 78.7 cm³/mol. The molecule has 0 unspecified atom stereocenters. The van der Waals surface area contributed by atoms with E-state index in [4.69, 9.17) is 10.5 Å². The third-order valence-corrected chi connectivity index (χ3v) is 2.70. The van der Waals surface area contributed by atoms with E-state index in [0.29, 0.717) is 0 Å². The number of methoxy groups -OCH3 is 1. The molecule has 0 aliphatic rings. The van der Waals surface area contributed by atoms with Gasteiger partial charge in [0.2, 0.25) is 0 Å². The summed E-state index contributed by atoms with van der Waals surface area (Å²) in [6.45, 7) is 0. The number of ether oxygens (including phenoxy) is 1. The quantitative estimate of drug-likeness (QED) is 0.660. The van der Waals surface area contributed by atoms with E-state index in [9.17, 15) is 4.79 Å². The Kier molecular flexibility index (Phi) is 4.34. The van der Waals surface area contributed by atoms with Crippen LogP contribution in [0.1, 0.15) is 5.56 Å². The Morgan fingerprint density at radius 1 is 1.20 bits per heavy atom. The van der Waals surface area contributed by atoms with Gasteiger partial charge >= 0.3 is 6.03 Å². The van der Waals surface area contributed by atoms with Crippen LogP contribution in [0.3, 0.4) is 0 Å². The second-order valence-electron chi connectivity index (χ2n) is 4.09. The minimum absolute atomic E-state index is 0.686. The minimum atomic E-state index is -0.686. The van der Waals surface area contributed by atoms with Crippen LogP contribution in [0.2, 0.25) is 0 Å². The highest BCUT2D eigenvalue weighted by atomic mass is 16.5. The largest absolute Gasteiger partial charge is 0.497 e. The fourth-order valence-electron chi connectivity index (χ4n) is 1.73. The van der Waals surface area contributed by atoms with Crippen LogP contribution in [0.25, 0.3) is 11.1 Å².